The first-order valence-electron chi connectivity index (χ1n) is 12.5. The van der Waals surface area contributed by atoms with Gasteiger partial charge in [-0.3, -0.25) is 14.4 Å². The number of hydrogen-bond acceptors (Lipinski definition) is 5. The van der Waals surface area contributed by atoms with Crippen LogP contribution in [0, 0.1) is 11.8 Å². The van der Waals surface area contributed by atoms with Crippen molar-refractivity contribution in [3.05, 3.63) is 47.7 Å². The van der Waals surface area contributed by atoms with Crippen molar-refractivity contribution in [3.63, 3.8) is 0 Å². The zero-order valence-electron chi connectivity index (χ0n) is 20.2. The number of rotatable bonds is 10. The second-order valence-electron chi connectivity index (χ2n) is 9.27. The van der Waals surface area contributed by atoms with Crippen molar-refractivity contribution in [2.75, 3.05) is 26.2 Å². The van der Waals surface area contributed by atoms with Gasteiger partial charge in [0.05, 0.1) is 25.6 Å². The highest BCUT2D eigenvalue weighted by molar-refractivity contribution is 5.92. The van der Waals surface area contributed by atoms with Crippen molar-refractivity contribution in [3.8, 4) is 0 Å². The van der Waals surface area contributed by atoms with Crippen LogP contribution in [0.4, 0.5) is 0 Å². The van der Waals surface area contributed by atoms with Gasteiger partial charge in [-0.25, -0.2) is 0 Å². The third-order valence-corrected chi connectivity index (χ3v) is 6.54. The molecule has 0 aromatic carbocycles. The first-order chi connectivity index (χ1) is 16.5. The van der Waals surface area contributed by atoms with E-state index in [0.29, 0.717) is 38.5 Å². The monoisotopic (exact) mass is 469 g/mol. The van der Waals surface area contributed by atoms with Crippen molar-refractivity contribution < 1.29 is 23.5 Å². The number of aromatic nitrogens is 1. The van der Waals surface area contributed by atoms with Gasteiger partial charge in [0.25, 0.3) is 5.91 Å². The smallest absolute Gasteiger partial charge is 0.310 e. The molecule has 2 aliphatic rings. The van der Waals surface area contributed by atoms with Crippen LogP contribution in [0.5, 0.6) is 0 Å². The molecule has 1 atom stereocenters. The average molecular weight is 470 g/mol. The van der Waals surface area contributed by atoms with Crippen LogP contribution in [0.3, 0.4) is 0 Å². The normalized spacial score (nSPS) is 18.1. The molecule has 2 aromatic rings. The van der Waals surface area contributed by atoms with Crippen LogP contribution in [0.25, 0.3) is 0 Å². The molecular weight excluding hydrogens is 434 g/mol. The standard InChI is InChI=1S/C26H35N3O5/c1-3-13-28(24(30)19-9-10-19)17-21-8-6-14-27(21)18-22-11-12-23(34-22)25(31)29-15-5-7-20(16-29)26(32)33-4-2/h6,8,11-12,14,19-20H,3-5,7,9-10,13,15-18H2,1-2H3. The molecule has 2 fully saturated rings. The number of carbonyl (C=O) groups is 3. The van der Waals surface area contributed by atoms with Crippen molar-refractivity contribution >= 4 is 17.8 Å². The highest BCUT2D eigenvalue weighted by Crippen LogP contribution is 2.31. The Morgan fingerprint density at radius 3 is 2.68 bits per heavy atom. The second-order valence-corrected chi connectivity index (χ2v) is 9.27. The minimum absolute atomic E-state index is 0.197. The topological polar surface area (TPSA) is 85.0 Å². The fraction of sp³-hybridized carbons (Fsp3) is 0.577. The quantitative estimate of drug-likeness (QED) is 0.496. The molecule has 2 amide bonds. The summed E-state index contributed by atoms with van der Waals surface area (Å²) in [6.45, 7) is 7.00. The number of carbonyl (C=O) groups excluding carboxylic acids is 3. The molecule has 184 valence electrons. The summed E-state index contributed by atoms with van der Waals surface area (Å²) in [5, 5.41) is 0. The number of hydrogen-bond donors (Lipinski definition) is 0. The predicted octanol–water partition coefficient (Wildman–Crippen LogP) is 3.69. The summed E-state index contributed by atoms with van der Waals surface area (Å²) in [4.78, 5) is 41.4. The SMILES string of the molecule is CCCN(Cc1cccn1Cc1ccc(C(=O)N2CCCC(C(=O)OCC)C2)o1)C(=O)C1CC1. The fourth-order valence-electron chi connectivity index (χ4n) is 4.58. The van der Waals surface area contributed by atoms with E-state index in [1.165, 1.54) is 0 Å². The average Bonchev–Trinajstić information content (AvgIpc) is 3.45. The number of ether oxygens (including phenoxy) is 1. The molecule has 1 aliphatic carbocycles. The number of esters is 1. The van der Waals surface area contributed by atoms with Gasteiger partial charge in [-0.15, -0.1) is 0 Å². The maximum Gasteiger partial charge on any atom is 0.310 e. The highest BCUT2D eigenvalue weighted by atomic mass is 16.5. The highest BCUT2D eigenvalue weighted by Gasteiger charge is 2.33. The van der Waals surface area contributed by atoms with E-state index in [-0.39, 0.29) is 35.4 Å². The van der Waals surface area contributed by atoms with Crippen molar-refractivity contribution in [2.45, 2.75) is 59.0 Å². The zero-order valence-corrected chi connectivity index (χ0v) is 20.2. The molecule has 0 spiro atoms. The Morgan fingerprint density at radius 1 is 1.12 bits per heavy atom. The van der Waals surface area contributed by atoms with Gasteiger partial charge in [-0.1, -0.05) is 6.92 Å². The molecule has 1 aliphatic heterocycles. The first-order valence-corrected chi connectivity index (χ1v) is 12.5. The van der Waals surface area contributed by atoms with Gasteiger partial charge >= 0.3 is 5.97 Å². The Hall–Kier alpha value is -3.03. The molecular formula is C26H35N3O5. The molecule has 34 heavy (non-hydrogen) atoms. The molecule has 1 saturated heterocycles. The Labute approximate surface area is 200 Å². The van der Waals surface area contributed by atoms with Gasteiger partial charge in [0.15, 0.2) is 5.76 Å². The number of piperidine rings is 1. The summed E-state index contributed by atoms with van der Waals surface area (Å²) in [6, 6.07) is 7.53. The summed E-state index contributed by atoms with van der Waals surface area (Å²) in [5.41, 5.74) is 1.04. The molecule has 2 aromatic heterocycles. The zero-order chi connectivity index (χ0) is 24.1. The summed E-state index contributed by atoms with van der Waals surface area (Å²) >= 11 is 0. The lowest BCUT2D eigenvalue weighted by Gasteiger charge is -2.30. The van der Waals surface area contributed by atoms with E-state index in [4.69, 9.17) is 9.15 Å². The summed E-state index contributed by atoms with van der Waals surface area (Å²) in [6.07, 6.45) is 6.40. The van der Waals surface area contributed by atoms with Gasteiger partial charge in [0.1, 0.15) is 5.76 Å². The Balaban J connectivity index is 1.39. The minimum Gasteiger partial charge on any atom is -0.466 e. The molecule has 1 saturated carbocycles. The van der Waals surface area contributed by atoms with E-state index in [1.54, 1.807) is 17.9 Å². The number of nitrogens with zero attached hydrogens (tertiary/aromatic N) is 3. The first kappa shape index (κ1) is 24.1. The lowest BCUT2D eigenvalue weighted by Crippen LogP contribution is -2.42. The van der Waals surface area contributed by atoms with Crippen LogP contribution in [0.1, 0.15) is 68.0 Å². The number of likely N-dealkylation sites (tertiary alicyclic amines) is 1. The third-order valence-electron chi connectivity index (χ3n) is 6.54. The van der Waals surface area contributed by atoms with Crippen LogP contribution in [-0.2, 0) is 27.4 Å². The molecule has 8 heteroatoms. The summed E-state index contributed by atoms with van der Waals surface area (Å²) in [5.74, 6) is 0.698. The van der Waals surface area contributed by atoms with Gasteiger partial charge < -0.3 is 23.5 Å². The van der Waals surface area contributed by atoms with Gasteiger partial charge in [0, 0.05) is 37.4 Å². The Bertz CT molecular complexity index is 1010. The lowest BCUT2D eigenvalue weighted by atomic mass is 9.98. The van der Waals surface area contributed by atoms with Gasteiger partial charge in [-0.05, 0) is 63.3 Å². The maximum absolute atomic E-state index is 13.0. The maximum atomic E-state index is 13.0. The van der Waals surface area contributed by atoms with Crippen LogP contribution in [-0.4, -0.2) is 58.4 Å². The van der Waals surface area contributed by atoms with Crippen molar-refractivity contribution in [1.29, 1.82) is 0 Å². The lowest BCUT2D eigenvalue weighted by molar-refractivity contribution is -0.149. The van der Waals surface area contributed by atoms with E-state index >= 15 is 0 Å². The summed E-state index contributed by atoms with van der Waals surface area (Å²) < 4.78 is 13.1. The summed E-state index contributed by atoms with van der Waals surface area (Å²) in [7, 11) is 0. The van der Waals surface area contributed by atoms with Crippen LogP contribution >= 0.6 is 0 Å². The minimum atomic E-state index is -0.279. The molecule has 3 heterocycles. The van der Waals surface area contributed by atoms with Gasteiger partial charge in [-0.2, -0.15) is 0 Å². The Morgan fingerprint density at radius 2 is 1.94 bits per heavy atom. The second kappa shape index (κ2) is 10.9. The predicted molar refractivity (Wildman–Crippen MR) is 126 cm³/mol. The van der Waals surface area contributed by atoms with Crippen LogP contribution in [0.2, 0.25) is 0 Å². The van der Waals surface area contributed by atoms with Crippen molar-refractivity contribution in [1.82, 2.24) is 14.4 Å². The molecule has 1 unspecified atom stereocenters. The van der Waals surface area contributed by atoms with E-state index < -0.39 is 0 Å². The molecule has 0 bridgehead atoms. The van der Waals surface area contributed by atoms with E-state index in [9.17, 15) is 14.4 Å². The van der Waals surface area contributed by atoms with Gasteiger partial charge in [0.2, 0.25) is 5.91 Å². The van der Waals surface area contributed by atoms with E-state index in [0.717, 1.165) is 44.3 Å². The van der Waals surface area contributed by atoms with Crippen LogP contribution < -0.4 is 0 Å². The van der Waals surface area contributed by atoms with E-state index in [2.05, 4.69) is 11.5 Å². The molecule has 0 radical (unpaired) electrons. The molecule has 0 N–H and O–H groups in total. The van der Waals surface area contributed by atoms with E-state index in [1.807, 2.05) is 29.3 Å². The van der Waals surface area contributed by atoms with Crippen molar-refractivity contribution in [2.24, 2.45) is 11.8 Å². The molecule has 4 rings (SSSR count). The number of furan rings is 1. The fourth-order valence-corrected chi connectivity index (χ4v) is 4.58. The number of amides is 2. The largest absolute Gasteiger partial charge is 0.466 e. The third kappa shape index (κ3) is 5.72. The van der Waals surface area contributed by atoms with Crippen LogP contribution in [0.15, 0.2) is 34.9 Å². The molecule has 8 nitrogen and oxygen atoms in total. The Kier molecular flexibility index (Phi) is 7.75.